The Kier molecular flexibility index (Phi) is 4.81. The first-order valence-corrected chi connectivity index (χ1v) is 5.48. The molecule has 0 bridgehead atoms. The topological polar surface area (TPSA) is 26.3 Å². The van der Waals surface area contributed by atoms with Gasteiger partial charge in [-0.25, -0.2) is 0 Å². The summed E-state index contributed by atoms with van der Waals surface area (Å²) < 4.78 is 77.6. The van der Waals surface area contributed by atoms with Crippen LogP contribution in [0.5, 0.6) is 5.75 Å². The Labute approximate surface area is 118 Å². The molecule has 0 aromatic heterocycles. The molecule has 0 saturated carbocycles. The summed E-state index contributed by atoms with van der Waals surface area (Å²) in [5, 5.41) is -0.327. The zero-order valence-electron chi connectivity index (χ0n) is 9.15. The van der Waals surface area contributed by atoms with Gasteiger partial charge in [0, 0.05) is 5.02 Å². The van der Waals surface area contributed by atoms with E-state index >= 15 is 0 Å². The van der Waals surface area contributed by atoms with Gasteiger partial charge < -0.3 is 4.74 Å². The van der Waals surface area contributed by atoms with Gasteiger partial charge in [-0.15, -0.1) is 0 Å². The first kappa shape index (κ1) is 16.9. The molecule has 1 aromatic carbocycles. The zero-order chi connectivity index (χ0) is 15.7. The normalized spacial score (nSPS) is 12.7. The van der Waals surface area contributed by atoms with Crippen LogP contribution in [0.25, 0.3) is 0 Å². The highest BCUT2D eigenvalue weighted by atomic mass is 35.5. The SMILES string of the molecule is O=C(Oc1ccc(Cl)cc1Cl)C(C(F)(F)F)C(F)(F)F. The lowest BCUT2D eigenvalue weighted by atomic mass is 10.1. The lowest BCUT2D eigenvalue weighted by Crippen LogP contribution is -2.44. The number of benzene rings is 1. The van der Waals surface area contributed by atoms with E-state index in [1.807, 2.05) is 0 Å². The van der Waals surface area contributed by atoms with E-state index in [9.17, 15) is 31.1 Å². The highest BCUT2D eigenvalue weighted by Crippen LogP contribution is 2.40. The van der Waals surface area contributed by atoms with Gasteiger partial charge in [0.2, 0.25) is 5.92 Å². The smallest absolute Gasteiger partial charge is 0.411 e. The number of ether oxygens (including phenoxy) is 1. The van der Waals surface area contributed by atoms with E-state index in [0.717, 1.165) is 18.2 Å². The van der Waals surface area contributed by atoms with Crippen LogP contribution >= 0.6 is 23.2 Å². The van der Waals surface area contributed by atoms with Crippen LogP contribution in [0.4, 0.5) is 26.3 Å². The number of rotatable bonds is 2. The Morgan fingerprint density at radius 1 is 1.05 bits per heavy atom. The van der Waals surface area contributed by atoms with Crippen LogP contribution in [0, 0.1) is 5.92 Å². The van der Waals surface area contributed by atoms with Crippen LogP contribution in [-0.2, 0) is 4.79 Å². The summed E-state index contributed by atoms with van der Waals surface area (Å²) in [6.07, 6.45) is -11.7. The van der Waals surface area contributed by atoms with Crippen molar-refractivity contribution >= 4 is 29.2 Å². The van der Waals surface area contributed by atoms with Crippen molar-refractivity contribution in [3.63, 3.8) is 0 Å². The number of hydrogen-bond donors (Lipinski definition) is 0. The van der Waals surface area contributed by atoms with Gasteiger partial charge in [-0.3, -0.25) is 4.79 Å². The third-order valence-corrected chi connectivity index (χ3v) is 2.53. The lowest BCUT2D eigenvalue weighted by molar-refractivity contribution is -0.279. The molecule has 0 aliphatic rings. The van der Waals surface area contributed by atoms with E-state index in [4.69, 9.17) is 23.2 Å². The number of alkyl halides is 6. The minimum absolute atomic E-state index is 0.0676. The predicted molar refractivity (Wildman–Crippen MR) is 57.7 cm³/mol. The molecule has 10 heteroatoms. The standard InChI is InChI=1S/C10H4Cl2F6O2/c11-4-1-2-6(5(12)3-4)20-8(19)7(9(13,14)15)10(16,17)18/h1-3,7H. The minimum Gasteiger partial charge on any atom is -0.424 e. The van der Waals surface area contributed by atoms with Crippen molar-refractivity contribution in [3.8, 4) is 5.75 Å². The van der Waals surface area contributed by atoms with Gasteiger partial charge in [-0.05, 0) is 18.2 Å². The summed E-state index contributed by atoms with van der Waals surface area (Å²) in [5.41, 5.74) is 0. The molecule has 1 aromatic rings. The fourth-order valence-corrected chi connectivity index (χ4v) is 1.63. The van der Waals surface area contributed by atoms with E-state index < -0.39 is 35.0 Å². The molecule has 0 heterocycles. The van der Waals surface area contributed by atoms with Crippen molar-refractivity contribution in [3.05, 3.63) is 28.2 Å². The van der Waals surface area contributed by atoms with E-state index in [-0.39, 0.29) is 5.02 Å². The van der Waals surface area contributed by atoms with Crippen molar-refractivity contribution in [2.75, 3.05) is 0 Å². The molecule has 112 valence electrons. The molecule has 0 spiro atoms. The minimum atomic E-state index is -5.83. The van der Waals surface area contributed by atoms with E-state index in [0.29, 0.717) is 0 Å². The maximum Gasteiger partial charge on any atom is 0.411 e. The van der Waals surface area contributed by atoms with Crippen LogP contribution < -0.4 is 4.74 Å². The highest BCUT2D eigenvalue weighted by molar-refractivity contribution is 6.35. The Hall–Kier alpha value is -1.15. The van der Waals surface area contributed by atoms with Crippen molar-refractivity contribution < 1.29 is 35.9 Å². The molecule has 0 N–H and O–H groups in total. The van der Waals surface area contributed by atoms with Crippen LogP contribution in [0.2, 0.25) is 10.0 Å². The van der Waals surface area contributed by atoms with Gasteiger partial charge in [-0.2, -0.15) is 26.3 Å². The van der Waals surface area contributed by atoms with Gasteiger partial charge in [0.25, 0.3) is 0 Å². The van der Waals surface area contributed by atoms with Crippen molar-refractivity contribution in [1.82, 2.24) is 0 Å². The summed E-state index contributed by atoms with van der Waals surface area (Å²) in [4.78, 5) is 11.1. The van der Waals surface area contributed by atoms with Crippen molar-refractivity contribution in [2.45, 2.75) is 12.4 Å². The van der Waals surface area contributed by atoms with Gasteiger partial charge >= 0.3 is 18.3 Å². The molecule has 0 unspecified atom stereocenters. The number of esters is 1. The fourth-order valence-electron chi connectivity index (χ4n) is 1.18. The second-order valence-electron chi connectivity index (χ2n) is 3.51. The Bertz CT molecular complexity index is 497. The fraction of sp³-hybridized carbons (Fsp3) is 0.300. The summed E-state index contributed by atoms with van der Waals surface area (Å²) in [7, 11) is 0. The highest BCUT2D eigenvalue weighted by Gasteiger charge is 2.62. The van der Waals surface area contributed by atoms with Gasteiger partial charge in [-0.1, -0.05) is 23.2 Å². The van der Waals surface area contributed by atoms with Gasteiger partial charge in [0.15, 0.2) is 0 Å². The quantitative estimate of drug-likeness (QED) is 0.445. The molecule has 0 fully saturated rings. The third kappa shape index (κ3) is 4.17. The molecule has 0 radical (unpaired) electrons. The van der Waals surface area contributed by atoms with E-state index in [2.05, 4.69) is 4.74 Å². The van der Waals surface area contributed by atoms with Crippen molar-refractivity contribution in [2.24, 2.45) is 5.92 Å². The number of carbonyl (C=O) groups excluding carboxylic acids is 1. The lowest BCUT2D eigenvalue weighted by Gasteiger charge is -2.21. The van der Waals surface area contributed by atoms with E-state index in [1.165, 1.54) is 0 Å². The monoisotopic (exact) mass is 340 g/mol. The molecule has 2 nitrogen and oxygen atoms in total. The Balaban J connectivity index is 3.04. The maximum absolute atomic E-state index is 12.3. The first-order valence-electron chi connectivity index (χ1n) is 4.73. The Morgan fingerprint density at radius 2 is 1.55 bits per heavy atom. The second-order valence-corrected chi connectivity index (χ2v) is 4.36. The summed E-state index contributed by atoms with van der Waals surface area (Å²) >= 11 is 11.0. The number of halogens is 8. The average Bonchev–Trinajstić information content (AvgIpc) is 2.17. The third-order valence-electron chi connectivity index (χ3n) is 1.99. The van der Waals surface area contributed by atoms with Crippen LogP contribution in [0.1, 0.15) is 0 Å². The number of carbonyl (C=O) groups is 1. The first-order chi connectivity index (χ1) is 8.93. The molecule has 20 heavy (non-hydrogen) atoms. The summed E-state index contributed by atoms with van der Waals surface area (Å²) in [6, 6.07) is 2.97. The van der Waals surface area contributed by atoms with Gasteiger partial charge in [0.05, 0.1) is 5.02 Å². The molecule has 0 amide bonds. The average molecular weight is 341 g/mol. The van der Waals surface area contributed by atoms with Gasteiger partial charge in [0.1, 0.15) is 5.75 Å². The van der Waals surface area contributed by atoms with Crippen LogP contribution in [0.15, 0.2) is 18.2 Å². The molecular formula is C10H4Cl2F6O2. The summed E-state index contributed by atoms with van der Waals surface area (Å²) in [5.74, 6) is -7.42. The zero-order valence-corrected chi connectivity index (χ0v) is 10.7. The second kappa shape index (κ2) is 5.69. The molecule has 0 atom stereocenters. The summed E-state index contributed by atoms with van der Waals surface area (Å²) in [6.45, 7) is 0. The van der Waals surface area contributed by atoms with E-state index in [1.54, 1.807) is 0 Å². The maximum atomic E-state index is 12.3. The molecule has 1 rings (SSSR count). The number of hydrogen-bond acceptors (Lipinski definition) is 2. The Morgan fingerprint density at radius 3 is 1.95 bits per heavy atom. The van der Waals surface area contributed by atoms with Crippen LogP contribution in [-0.4, -0.2) is 18.3 Å². The van der Waals surface area contributed by atoms with Crippen LogP contribution in [0.3, 0.4) is 0 Å². The molecule has 0 aliphatic carbocycles. The largest absolute Gasteiger partial charge is 0.424 e. The predicted octanol–water partition coefficient (Wildman–Crippen LogP) is 4.64. The van der Waals surface area contributed by atoms with Crippen molar-refractivity contribution in [1.29, 1.82) is 0 Å². The molecule has 0 saturated heterocycles. The molecule has 0 aliphatic heterocycles. The molecular weight excluding hydrogens is 337 g/mol.